The highest BCUT2D eigenvalue weighted by molar-refractivity contribution is 5.32. The predicted octanol–water partition coefficient (Wildman–Crippen LogP) is 2.40. The zero-order chi connectivity index (χ0) is 14.5. The van der Waals surface area contributed by atoms with Gasteiger partial charge in [0.15, 0.2) is 5.75 Å². The first-order valence-corrected chi connectivity index (χ1v) is 6.87. The molecule has 0 aliphatic carbocycles. The minimum Gasteiger partial charge on any atom is -0.485 e. The van der Waals surface area contributed by atoms with Crippen molar-refractivity contribution in [2.75, 3.05) is 13.2 Å². The van der Waals surface area contributed by atoms with Crippen molar-refractivity contribution in [2.24, 2.45) is 0 Å². The molecule has 0 N–H and O–H groups in total. The van der Waals surface area contributed by atoms with Crippen LogP contribution in [0.25, 0.3) is 0 Å². The zero-order valence-electron chi connectivity index (χ0n) is 11.5. The molecule has 4 heteroatoms. The molecule has 1 aliphatic rings. The average molecular weight is 284 g/mol. The molecule has 3 rings (SSSR count). The van der Waals surface area contributed by atoms with Gasteiger partial charge in [-0.15, -0.1) is 0 Å². The van der Waals surface area contributed by atoms with Gasteiger partial charge >= 0.3 is 0 Å². The Balaban J connectivity index is 1.75. The van der Waals surface area contributed by atoms with Gasteiger partial charge in [-0.25, -0.2) is 0 Å². The fourth-order valence-electron chi connectivity index (χ4n) is 1.96. The van der Waals surface area contributed by atoms with Gasteiger partial charge in [-0.05, 0) is 17.7 Å². The Bertz CT molecular complexity index is 650. The molecule has 108 valence electrons. The molecule has 0 radical (unpaired) electrons. The Morgan fingerprint density at radius 2 is 1.86 bits per heavy atom. The van der Waals surface area contributed by atoms with Crippen LogP contribution < -0.4 is 14.9 Å². The summed E-state index contributed by atoms with van der Waals surface area (Å²) in [5.74, 6) is 0.910. The van der Waals surface area contributed by atoms with Crippen molar-refractivity contribution in [3.8, 4) is 11.5 Å². The molecule has 0 amide bonds. The quantitative estimate of drug-likeness (QED) is 0.845. The Morgan fingerprint density at radius 1 is 1.05 bits per heavy atom. The number of hydrogen-bond acceptors (Lipinski definition) is 4. The van der Waals surface area contributed by atoms with Gasteiger partial charge < -0.3 is 14.2 Å². The van der Waals surface area contributed by atoms with Crippen LogP contribution in [0.2, 0.25) is 0 Å². The summed E-state index contributed by atoms with van der Waals surface area (Å²) in [5, 5.41) is 0. The van der Waals surface area contributed by atoms with E-state index in [1.165, 1.54) is 6.07 Å². The standard InChI is InChI=1S/C17H16O4/c18-16-8-4-7-14(21-15-11-19-12-15)9-17(16)20-10-13-5-2-1-3-6-13/h1-9,15H,10-12H2. The molecule has 2 aromatic rings. The van der Waals surface area contributed by atoms with Crippen LogP contribution in [0, 0.1) is 0 Å². The second kappa shape index (κ2) is 6.41. The third-order valence-electron chi connectivity index (χ3n) is 3.17. The highest BCUT2D eigenvalue weighted by Crippen LogP contribution is 2.19. The lowest BCUT2D eigenvalue weighted by Crippen LogP contribution is -2.38. The molecule has 0 bridgehead atoms. The van der Waals surface area contributed by atoms with Crippen LogP contribution in [0.3, 0.4) is 0 Å². The number of ether oxygens (including phenoxy) is 3. The summed E-state index contributed by atoms with van der Waals surface area (Å²) in [6.07, 6.45) is 0.0597. The maximum absolute atomic E-state index is 12.0. The van der Waals surface area contributed by atoms with E-state index in [0.717, 1.165) is 5.56 Å². The second-order valence-electron chi connectivity index (χ2n) is 4.85. The molecule has 0 atom stereocenters. The van der Waals surface area contributed by atoms with Crippen LogP contribution >= 0.6 is 0 Å². The van der Waals surface area contributed by atoms with E-state index in [9.17, 15) is 4.79 Å². The Morgan fingerprint density at radius 3 is 2.57 bits per heavy atom. The normalized spacial score (nSPS) is 14.3. The van der Waals surface area contributed by atoms with Crippen LogP contribution in [-0.2, 0) is 11.3 Å². The number of hydrogen-bond donors (Lipinski definition) is 0. The summed E-state index contributed by atoms with van der Waals surface area (Å²) in [4.78, 5) is 12.0. The Hall–Kier alpha value is -2.33. The number of benzene rings is 1. The third-order valence-corrected chi connectivity index (χ3v) is 3.17. The smallest absolute Gasteiger partial charge is 0.220 e. The fourth-order valence-corrected chi connectivity index (χ4v) is 1.96. The average Bonchev–Trinajstić information content (AvgIpc) is 2.64. The molecule has 1 fully saturated rings. The van der Waals surface area contributed by atoms with Crippen molar-refractivity contribution in [3.63, 3.8) is 0 Å². The van der Waals surface area contributed by atoms with Crippen molar-refractivity contribution in [3.05, 3.63) is 70.4 Å². The third kappa shape index (κ3) is 3.61. The van der Waals surface area contributed by atoms with E-state index in [-0.39, 0.29) is 11.5 Å². The van der Waals surface area contributed by atoms with Gasteiger partial charge in [-0.1, -0.05) is 36.4 Å². The van der Waals surface area contributed by atoms with E-state index in [4.69, 9.17) is 14.2 Å². The summed E-state index contributed by atoms with van der Waals surface area (Å²) in [7, 11) is 0. The fraction of sp³-hybridized carbons (Fsp3) is 0.235. The van der Waals surface area contributed by atoms with Crippen LogP contribution in [0.15, 0.2) is 59.4 Å². The van der Waals surface area contributed by atoms with Crippen LogP contribution in [0.5, 0.6) is 11.5 Å². The van der Waals surface area contributed by atoms with E-state index >= 15 is 0 Å². The van der Waals surface area contributed by atoms with Crippen molar-refractivity contribution in [1.29, 1.82) is 0 Å². The van der Waals surface area contributed by atoms with Crippen LogP contribution in [0.4, 0.5) is 0 Å². The molecule has 1 aliphatic heterocycles. The van der Waals surface area contributed by atoms with Gasteiger partial charge in [0.05, 0.1) is 13.2 Å². The highest BCUT2D eigenvalue weighted by atomic mass is 16.6. The lowest BCUT2D eigenvalue weighted by Gasteiger charge is -2.26. The van der Waals surface area contributed by atoms with Gasteiger partial charge in [0.25, 0.3) is 0 Å². The van der Waals surface area contributed by atoms with E-state index < -0.39 is 0 Å². The minimum atomic E-state index is -0.161. The van der Waals surface area contributed by atoms with Gasteiger partial charge in [0, 0.05) is 6.07 Å². The van der Waals surface area contributed by atoms with Crippen molar-refractivity contribution in [1.82, 2.24) is 0 Å². The molecule has 0 unspecified atom stereocenters. The lowest BCUT2D eigenvalue weighted by molar-refractivity contribution is -0.0797. The maximum atomic E-state index is 12.0. The largest absolute Gasteiger partial charge is 0.485 e. The van der Waals surface area contributed by atoms with Crippen LogP contribution in [-0.4, -0.2) is 19.3 Å². The topological polar surface area (TPSA) is 44.8 Å². The monoisotopic (exact) mass is 284 g/mol. The molecule has 1 heterocycles. The van der Waals surface area contributed by atoms with Crippen LogP contribution in [0.1, 0.15) is 5.56 Å². The van der Waals surface area contributed by atoms with E-state index in [0.29, 0.717) is 31.3 Å². The molecule has 0 spiro atoms. The highest BCUT2D eigenvalue weighted by Gasteiger charge is 2.20. The molecule has 0 saturated carbocycles. The summed E-state index contributed by atoms with van der Waals surface area (Å²) in [6, 6.07) is 16.3. The summed E-state index contributed by atoms with van der Waals surface area (Å²) >= 11 is 0. The molecule has 2 aromatic carbocycles. The molecule has 21 heavy (non-hydrogen) atoms. The van der Waals surface area contributed by atoms with E-state index in [1.54, 1.807) is 18.2 Å². The van der Waals surface area contributed by atoms with Crippen molar-refractivity contribution in [2.45, 2.75) is 12.7 Å². The first kappa shape index (κ1) is 13.6. The van der Waals surface area contributed by atoms with Gasteiger partial charge in [-0.3, -0.25) is 4.79 Å². The van der Waals surface area contributed by atoms with E-state index in [1.807, 2.05) is 30.3 Å². The number of rotatable bonds is 5. The van der Waals surface area contributed by atoms with Crippen molar-refractivity contribution < 1.29 is 14.2 Å². The van der Waals surface area contributed by atoms with Crippen molar-refractivity contribution >= 4 is 0 Å². The Kier molecular flexibility index (Phi) is 4.17. The SMILES string of the molecule is O=c1cccc(OC2COC2)cc1OCc1ccccc1. The summed E-state index contributed by atoms with van der Waals surface area (Å²) in [6.45, 7) is 1.53. The van der Waals surface area contributed by atoms with Gasteiger partial charge in [-0.2, -0.15) is 0 Å². The minimum absolute atomic E-state index is 0.0597. The zero-order valence-corrected chi connectivity index (χ0v) is 11.5. The molecular formula is C17H16O4. The summed E-state index contributed by atoms with van der Waals surface area (Å²) < 4.78 is 16.4. The van der Waals surface area contributed by atoms with E-state index in [2.05, 4.69) is 0 Å². The Labute approximate surface area is 122 Å². The first-order valence-electron chi connectivity index (χ1n) is 6.87. The first-order chi connectivity index (χ1) is 10.3. The molecule has 0 aromatic heterocycles. The second-order valence-corrected chi connectivity index (χ2v) is 4.85. The molecular weight excluding hydrogens is 268 g/mol. The maximum Gasteiger partial charge on any atom is 0.220 e. The van der Waals surface area contributed by atoms with Gasteiger partial charge in [0.2, 0.25) is 5.43 Å². The van der Waals surface area contributed by atoms with Gasteiger partial charge in [0.1, 0.15) is 18.5 Å². The molecule has 1 saturated heterocycles. The lowest BCUT2D eigenvalue weighted by atomic mass is 10.2. The summed E-state index contributed by atoms with van der Waals surface area (Å²) in [5.41, 5.74) is 0.851. The molecule has 4 nitrogen and oxygen atoms in total. The predicted molar refractivity (Wildman–Crippen MR) is 78.7 cm³/mol.